The zero-order valence-electron chi connectivity index (χ0n) is 22.4. The molecule has 1 saturated heterocycles. The Hall–Kier alpha value is -2.51. The number of hydrogen-bond donors (Lipinski definition) is 0. The van der Waals surface area contributed by atoms with Crippen LogP contribution in [0, 0.1) is 13.8 Å². The molecule has 35 heavy (non-hydrogen) atoms. The molecule has 1 atom stereocenters. The Kier molecular flexibility index (Phi) is 12.1. The van der Waals surface area contributed by atoms with Gasteiger partial charge in [-0.2, -0.15) is 0 Å². The van der Waals surface area contributed by atoms with E-state index in [4.69, 9.17) is 4.74 Å². The Bertz CT molecular complexity index is 858. The highest BCUT2D eigenvalue weighted by Gasteiger charge is 2.33. The summed E-state index contributed by atoms with van der Waals surface area (Å²) in [6, 6.07) is -0.0890. The molecular formula is C27H44N4O4. The zero-order chi connectivity index (χ0) is 25.8. The second kappa shape index (κ2) is 14.8. The Labute approximate surface area is 210 Å². The van der Waals surface area contributed by atoms with E-state index in [2.05, 4.69) is 16.9 Å². The van der Waals surface area contributed by atoms with Crippen LogP contribution in [0.2, 0.25) is 0 Å². The number of esters is 1. The van der Waals surface area contributed by atoms with Gasteiger partial charge in [0.15, 0.2) is 0 Å². The van der Waals surface area contributed by atoms with Crippen LogP contribution in [0.25, 0.3) is 0 Å². The van der Waals surface area contributed by atoms with Crippen LogP contribution in [-0.4, -0.2) is 69.8 Å². The fourth-order valence-corrected chi connectivity index (χ4v) is 4.71. The number of carbonyl (C=O) groups is 3. The van der Waals surface area contributed by atoms with Crippen molar-refractivity contribution in [2.24, 2.45) is 0 Å². The highest BCUT2D eigenvalue weighted by Crippen LogP contribution is 2.19. The van der Waals surface area contributed by atoms with E-state index in [0.29, 0.717) is 37.6 Å². The maximum atomic E-state index is 13.3. The van der Waals surface area contributed by atoms with Crippen molar-refractivity contribution < 1.29 is 19.1 Å². The van der Waals surface area contributed by atoms with Crippen LogP contribution in [0.15, 0.2) is 0 Å². The van der Waals surface area contributed by atoms with Crippen molar-refractivity contribution >= 4 is 17.8 Å². The fraction of sp³-hybridized carbons (Fsp3) is 0.741. The van der Waals surface area contributed by atoms with Gasteiger partial charge in [-0.05, 0) is 34.1 Å². The predicted molar refractivity (Wildman–Crippen MR) is 136 cm³/mol. The van der Waals surface area contributed by atoms with Crippen molar-refractivity contribution in [3.63, 3.8) is 0 Å². The number of unbranched alkanes of at least 4 members (excludes halogenated alkanes) is 8. The number of nitrogens with zero attached hydrogens (tertiary/aromatic N) is 4. The first-order valence-corrected chi connectivity index (χ1v) is 13.4. The van der Waals surface area contributed by atoms with E-state index in [1.54, 1.807) is 25.7 Å². The first-order chi connectivity index (χ1) is 16.8. The van der Waals surface area contributed by atoms with Gasteiger partial charge in [0.25, 0.3) is 5.91 Å². The highest BCUT2D eigenvalue weighted by atomic mass is 16.5. The predicted octanol–water partition coefficient (Wildman–Crippen LogP) is 4.86. The van der Waals surface area contributed by atoms with Crippen LogP contribution in [0.5, 0.6) is 0 Å². The van der Waals surface area contributed by atoms with E-state index in [9.17, 15) is 14.4 Å². The van der Waals surface area contributed by atoms with Crippen molar-refractivity contribution in [2.45, 2.75) is 105 Å². The van der Waals surface area contributed by atoms with Gasteiger partial charge in [0.05, 0.1) is 12.3 Å². The Morgan fingerprint density at radius 1 is 0.914 bits per heavy atom. The van der Waals surface area contributed by atoms with Gasteiger partial charge in [-0.15, -0.1) is 0 Å². The molecule has 0 bridgehead atoms. The summed E-state index contributed by atoms with van der Waals surface area (Å²) in [4.78, 5) is 50.7. The monoisotopic (exact) mass is 488 g/mol. The number of ether oxygens (including phenoxy) is 1. The molecule has 0 spiro atoms. The fourth-order valence-electron chi connectivity index (χ4n) is 4.71. The van der Waals surface area contributed by atoms with Gasteiger partial charge in [0, 0.05) is 32.1 Å². The number of piperazine rings is 1. The minimum Gasteiger partial charge on any atom is -0.462 e. The normalized spacial score (nSPS) is 15.9. The van der Waals surface area contributed by atoms with Crippen LogP contribution < -0.4 is 0 Å². The van der Waals surface area contributed by atoms with Gasteiger partial charge in [-0.1, -0.05) is 58.3 Å². The average molecular weight is 489 g/mol. The van der Waals surface area contributed by atoms with E-state index >= 15 is 0 Å². The number of amides is 2. The number of rotatable bonds is 13. The summed E-state index contributed by atoms with van der Waals surface area (Å²) in [5, 5.41) is 0. The second-order valence-electron chi connectivity index (χ2n) is 9.57. The number of aromatic nitrogens is 2. The van der Waals surface area contributed by atoms with E-state index in [-0.39, 0.29) is 35.7 Å². The van der Waals surface area contributed by atoms with E-state index in [1.165, 1.54) is 44.9 Å². The maximum absolute atomic E-state index is 13.3. The molecule has 1 aromatic heterocycles. The molecule has 8 nitrogen and oxygen atoms in total. The molecule has 2 heterocycles. The lowest BCUT2D eigenvalue weighted by atomic mass is 10.1. The quantitative estimate of drug-likeness (QED) is 0.291. The summed E-state index contributed by atoms with van der Waals surface area (Å²) >= 11 is 0. The maximum Gasteiger partial charge on any atom is 0.342 e. The Morgan fingerprint density at radius 2 is 1.54 bits per heavy atom. The van der Waals surface area contributed by atoms with Gasteiger partial charge >= 0.3 is 5.97 Å². The summed E-state index contributed by atoms with van der Waals surface area (Å²) in [5.74, 6) is -0.314. The summed E-state index contributed by atoms with van der Waals surface area (Å²) in [6.45, 7) is 10.8. The van der Waals surface area contributed by atoms with Crippen LogP contribution in [0.4, 0.5) is 0 Å². The molecule has 1 aliphatic rings. The van der Waals surface area contributed by atoms with E-state index in [1.807, 2.05) is 11.8 Å². The number of aryl methyl sites for hydroxylation is 2. The lowest BCUT2D eigenvalue weighted by molar-refractivity contribution is -0.135. The van der Waals surface area contributed by atoms with Gasteiger partial charge in [-0.25, -0.2) is 14.8 Å². The summed E-state index contributed by atoms with van der Waals surface area (Å²) < 4.78 is 5.14. The first kappa shape index (κ1) is 28.7. The summed E-state index contributed by atoms with van der Waals surface area (Å²) in [6.07, 6.45) is 11.6. The molecule has 0 aliphatic carbocycles. The highest BCUT2D eigenvalue weighted by molar-refractivity contribution is 6.04. The molecule has 0 N–H and O–H groups in total. The molecule has 196 valence electrons. The molecule has 1 aliphatic heterocycles. The average Bonchev–Trinajstić information content (AvgIpc) is 2.81. The van der Waals surface area contributed by atoms with E-state index < -0.39 is 5.97 Å². The molecule has 0 radical (unpaired) electrons. The van der Waals surface area contributed by atoms with Gasteiger partial charge in [-0.3, -0.25) is 9.59 Å². The SMILES string of the molecule is CCCCCCCCCCCC(=O)N1CCN(C(=O)c2nc(C)nc(C)c2C(=O)OCC)CC1C. The van der Waals surface area contributed by atoms with Crippen LogP contribution in [-0.2, 0) is 9.53 Å². The second-order valence-corrected chi connectivity index (χ2v) is 9.57. The lowest BCUT2D eigenvalue weighted by Crippen LogP contribution is -2.55. The Morgan fingerprint density at radius 3 is 2.14 bits per heavy atom. The summed E-state index contributed by atoms with van der Waals surface area (Å²) in [5.41, 5.74) is 0.635. The summed E-state index contributed by atoms with van der Waals surface area (Å²) in [7, 11) is 0. The molecule has 1 unspecified atom stereocenters. The molecule has 0 aromatic carbocycles. The third-order valence-electron chi connectivity index (χ3n) is 6.61. The molecule has 0 saturated carbocycles. The van der Waals surface area contributed by atoms with E-state index in [0.717, 1.165) is 12.8 Å². The third kappa shape index (κ3) is 8.58. The minimum absolute atomic E-state index is 0.0788. The smallest absolute Gasteiger partial charge is 0.342 e. The van der Waals surface area contributed by atoms with Gasteiger partial charge in [0.2, 0.25) is 5.91 Å². The first-order valence-electron chi connectivity index (χ1n) is 13.4. The molecule has 1 fully saturated rings. The van der Waals surface area contributed by atoms with Gasteiger partial charge in [0.1, 0.15) is 17.1 Å². The van der Waals surface area contributed by atoms with Crippen molar-refractivity contribution in [2.75, 3.05) is 26.2 Å². The molecule has 2 amide bonds. The van der Waals surface area contributed by atoms with Crippen molar-refractivity contribution in [1.29, 1.82) is 0 Å². The van der Waals surface area contributed by atoms with Crippen molar-refractivity contribution in [3.8, 4) is 0 Å². The van der Waals surface area contributed by atoms with Crippen LogP contribution in [0.1, 0.15) is 117 Å². The third-order valence-corrected chi connectivity index (χ3v) is 6.61. The molecule has 1 aromatic rings. The number of carbonyl (C=O) groups excluding carboxylic acids is 3. The lowest BCUT2D eigenvalue weighted by Gasteiger charge is -2.40. The molecular weight excluding hydrogens is 444 g/mol. The number of hydrogen-bond acceptors (Lipinski definition) is 6. The Balaban J connectivity index is 1.87. The topological polar surface area (TPSA) is 92.7 Å². The largest absolute Gasteiger partial charge is 0.462 e. The van der Waals surface area contributed by atoms with Crippen molar-refractivity contribution in [1.82, 2.24) is 19.8 Å². The minimum atomic E-state index is -0.587. The van der Waals surface area contributed by atoms with Crippen molar-refractivity contribution in [3.05, 3.63) is 22.8 Å². The standard InChI is InChI=1S/C27H44N4O4/c1-6-8-9-10-11-12-13-14-15-16-23(32)31-18-17-30(19-20(31)3)26(33)25-24(27(34)35-7-2)21(4)28-22(5)29-25/h20H,6-19H2,1-5H3. The van der Waals surface area contributed by atoms with Crippen LogP contribution in [0.3, 0.4) is 0 Å². The van der Waals surface area contributed by atoms with Crippen LogP contribution >= 0.6 is 0 Å². The molecule has 8 heteroatoms. The zero-order valence-corrected chi connectivity index (χ0v) is 22.4. The van der Waals surface area contributed by atoms with Gasteiger partial charge < -0.3 is 14.5 Å². The molecule has 2 rings (SSSR count).